The molecule has 0 aromatic carbocycles. The number of hydrogen-bond acceptors (Lipinski definition) is 4. The summed E-state index contributed by atoms with van der Waals surface area (Å²) in [6.07, 6.45) is 7.85. The van der Waals surface area contributed by atoms with Gasteiger partial charge in [0.15, 0.2) is 0 Å². The molecule has 0 radical (unpaired) electrons. The van der Waals surface area contributed by atoms with Crippen molar-refractivity contribution < 1.29 is 4.79 Å². The van der Waals surface area contributed by atoms with Crippen LogP contribution in [-0.4, -0.2) is 45.2 Å². The van der Waals surface area contributed by atoms with Crippen molar-refractivity contribution in [1.29, 1.82) is 0 Å². The van der Waals surface area contributed by atoms with E-state index in [4.69, 9.17) is 0 Å². The fourth-order valence-corrected chi connectivity index (χ4v) is 3.43. The first-order chi connectivity index (χ1) is 12.6. The maximum Gasteiger partial charge on any atom is 0.244 e. The molecule has 1 aliphatic rings. The fraction of sp³-hybridized carbons (Fsp3) is 0.550. The Morgan fingerprint density at radius 1 is 1.42 bits per heavy atom. The number of carbonyl (C=O) groups excluding carboxylic acids is 1. The van der Waals surface area contributed by atoms with Gasteiger partial charge in [0.1, 0.15) is 6.54 Å². The number of aromatic nitrogens is 3. The maximum atomic E-state index is 12.9. The van der Waals surface area contributed by atoms with Gasteiger partial charge in [-0.15, -0.1) is 0 Å². The maximum absolute atomic E-state index is 12.9. The van der Waals surface area contributed by atoms with Crippen molar-refractivity contribution in [1.82, 2.24) is 25.0 Å². The standard InChI is InChI=1S/C20H29N5O/c1-16(2)13-24(14-17-5-3-8-21-11-17)20(26)15-25-10-7-19(23-25)18-6-4-9-22-12-18/h3,5,7-8,10-11,16,18,22H,4,6,9,12-15H2,1-2H3. The summed E-state index contributed by atoms with van der Waals surface area (Å²) in [5.41, 5.74) is 2.14. The van der Waals surface area contributed by atoms with E-state index in [9.17, 15) is 4.79 Å². The Kier molecular flexibility index (Phi) is 6.39. The minimum absolute atomic E-state index is 0.0963. The minimum Gasteiger partial charge on any atom is -0.336 e. The number of amides is 1. The summed E-state index contributed by atoms with van der Waals surface area (Å²) in [6, 6.07) is 5.97. The average molecular weight is 355 g/mol. The highest BCUT2D eigenvalue weighted by molar-refractivity contribution is 5.75. The SMILES string of the molecule is CC(C)CN(Cc1cccnc1)C(=O)Cn1ccc(C2CCCNC2)n1. The lowest BCUT2D eigenvalue weighted by molar-refractivity contribution is -0.133. The van der Waals surface area contributed by atoms with Crippen molar-refractivity contribution in [2.45, 2.75) is 45.7 Å². The number of carbonyl (C=O) groups is 1. The lowest BCUT2D eigenvalue weighted by Gasteiger charge is -2.25. The van der Waals surface area contributed by atoms with Gasteiger partial charge in [-0.2, -0.15) is 5.10 Å². The van der Waals surface area contributed by atoms with Gasteiger partial charge < -0.3 is 10.2 Å². The monoisotopic (exact) mass is 355 g/mol. The number of rotatable bonds is 7. The molecule has 26 heavy (non-hydrogen) atoms. The van der Waals surface area contributed by atoms with E-state index in [1.807, 2.05) is 29.4 Å². The van der Waals surface area contributed by atoms with Gasteiger partial charge >= 0.3 is 0 Å². The van der Waals surface area contributed by atoms with Crippen molar-refractivity contribution in [2.24, 2.45) is 5.92 Å². The molecule has 6 heteroatoms. The Balaban J connectivity index is 1.64. The molecule has 140 valence electrons. The van der Waals surface area contributed by atoms with Gasteiger partial charge in [-0.25, -0.2) is 0 Å². The second-order valence-corrected chi connectivity index (χ2v) is 7.51. The van der Waals surface area contributed by atoms with Crippen molar-refractivity contribution in [3.8, 4) is 0 Å². The van der Waals surface area contributed by atoms with Crippen LogP contribution in [0, 0.1) is 5.92 Å². The van der Waals surface area contributed by atoms with E-state index in [1.165, 1.54) is 12.8 Å². The van der Waals surface area contributed by atoms with Crippen LogP contribution in [0.25, 0.3) is 0 Å². The summed E-state index contributed by atoms with van der Waals surface area (Å²) in [5, 5.41) is 8.08. The highest BCUT2D eigenvalue weighted by Crippen LogP contribution is 2.21. The first-order valence-electron chi connectivity index (χ1n) is 9.52. The number of nitrogens with zero attached hydrogens (tertiary/aromatic N) is 4. The Morgan fingerprint density at radius 3 is 3.00 bits per heavy atom. The third-order valence-electron chi connectivity index (χ3n) is 4.71. The Bertz CT molecular complexity index is 691. The van der Waals surface area contributed by atoms with Gasteiger partial charge in [0, 0.05) is 44.1 Å². The summed E-state index contributed by atoms with van der Waals surface area (Å²) in [6.45, 7) is 7.93. The van der Waals surface area contributed by atoms with E-state index >= 15 is 0 Å². The first-order valence-corrected chi connectivity index (χ1v) is 9.52. The van der Waals surface area contributed by atoms with Crippen LogP contribution in [0.15, 0.2) is 36.8 Å². The molecule has 2 aromatic rings. The predicted octanol–water partition coefficient (Wildman–Crippen LogP) is 2.43. The van der Waals surface area contributed by atoms with Gasteiger partial charge in [0.05, 0.1) is 5.69 Å². The van der Waals surface area contributed by atoms with Gasteiger partial charge in [-0.05, 0) is 43.0 Å². The normalized spacial score (nSPS) is 17.4. The summed E-state index contributed by atoms with van der Waals surface area (Å²) in [4.78, 5) is 18.9. The van der Waals surface area contributed by atoms with Gasteiger partial charge in [-0.1, -0.05) is 19.9 Å². The zero-order valence-electron chi connectivity index (χ0n) is 15.8. The predicted molar refractivity (Wildman–Crippen MR) is 102 cm³/mol. The van der Waals surface area contributed by atoms with Crippen molar-refractivity contribution in [2.75, 3.05) is 19.6 Å². The third kappa shape index (κ3) is 5.14. The molecule has 1 N–H and O–H groups in total. The molecule has 1 unspecified atom stereocenters. The summed E-state index contributed by atoms with van der Waals surface area (Å²) < 4.78 is 1.78. The van der Waals surface area contributed by atoms with Gasteiger partial charge in [0.25, 0.3) is 0 Å². The van der Waals surface area contributed by atoms with Crippen LogP contribution in [0.5, 0.6) is 0 Å². The smallest absolute Gasteiger partial charge is 0.244 e. The van der Waals surface area contributed by atoms with Crippen LogP contribution in [0.1, 0.15) is 43.9 Å². The highest BCUT2D eigenvalue weighted by atomic mass is 16.2. The lowest BCUT2D eigenvalue weighted by Crippen LogP contribution is -2.36. The molecule has 1 fully saturated rings. The molecular weight excluding hydrogens is 326 g/mol. The van der Waals surface area contributed by atoms with Gasteiger partial charge in [-0.3, -0.25) is 14.5 Å². The van der Waals surface area contributed by atoms with E-state index in [0.717, 1.165) is 30.9 Å². The second-order valence-electron chi connectivity index (χ2n) is 7.51. The van der Waals surface area contributed by atoms with E-state index in [2.05, 4.69) is 35.3 Å². The Labute approximate surface area is 155 Å². The second kappa shape index (κ2) is 8.94. The van der Waals surface area contributed by atoms with Crippen LogP contribution < -0.4 is 5.32 Å². The molecule has 0 saturated carbocycles. The summed E-state index contributed by atoms with van der Waals surface area (Å²) in [5.74, 6) is 0.971. The molecule has 0 spiro atoms. The average Bonchev–Trinajstić information content (AvgIpc) is 3.11. The van der Waals surface area contributed by atoms with E-state index < -0.39 is 0 Å². The summed E-state index contributed by atoms with van der Waals surface area (Å²) in [7, 11) is 0. The Hall–Kier alpha value is -2.21. The highest BCUT2D eigenvalue weighted by Gasteiger charge is 2.20. The van der Waals surface area contributed by atoms with Crippen molar-refractivity contribution in [3.05, 3.63) is 48.0 Å². The fourth-order valence-electron chi connectivity index (χ4n) is 3.43. The van der Waals surface area contributed by atoms with Crippen LogP contribution in [-0.2, 0) is 17.9 Å². The molecule has 0 bridgehead atoms. The zero-order chi connectivity index (χ0) is 18.4. The zero-order valence-corrected chi connectivity index (χ0v) is 15.8. The molecule has 2 aromatic heterocycles. The number of nitrogens with one attached hydrogen (secondary N) is 1. The largest absolute Gasteiger partial charge is 0.336 e. The minimum atomic E-state index is 0.0963. The first kappa shape index (κ1) is 18.6. The van der Waals surface area contributed by atoms with Crippen LogP contribution in [0.4, 0.5) is 0 Å². The number of pyridine rings is 1. The van der Waals surface area contributed by atoms with Crippen LogP contribution >= 0.6 is 0 Å². The van der Waals surface area contributed by atoms with Crippen molar-refractivity contribution >= 4 is 5.91 Å². The molecule has 1 amide bonds. The lowest BCUT2D eigenvalue weighted by atomic mass is 9.97. The van der Waals surface area contributed by atoms with E-state index in [0.29, 0.717) is 18.4 Å². The molecule has 3 rings (SSSR count). The molecule has 6 nitrogen and oxygen atoms in total. The molecular formula is C20H29N5O. The van der Waals surface area contributed by atoms with E-state index in [1.54, 1.807) is 10.9 Å². The van der Waals surface area contributed by atoms with Crippen LogP contribution in [0.3, 0.4) is 0 Å². The van der Waals surface area contributed by atoms with Gasteiger partial charge in [0.2, 0.25) is 5.91 Å². The summed E-state index contributed by atoms with van der Waals surface area (Å²) >= 11 is 0. The molecule has 1 atom stereocenters. The topological polar surface area (TPSA) is 63.1 Å². The number of piperidine rings is 1. The molecule has 3 heterocycles. The van der Waals surface area contributed by atoms with E-state index in [-0.39, 0.29) is 12.5 Å². The molecule has 1 aliphatic heterocycles. The number of hydrogen-bond donors (Lipinski definition) is 1. The molecule has 0 aliphatic carbocycles. The van der Waals surface area contributed by atoms with Crippen molar-refractivity contribution in [3.63, 3.8) is 0 Å². The van der Waals surface area contributed by atoms with Crippen LogP contribution in [0.2, 0.25) is 0 Å². The quantitative estimate of drug-likeness (QED) is 0.829. The Morgan fingerprint density at radius 2 is 2.31 bits per heavy atom. The third-order valence-corrected chi connectivity index (χ3v) is 4.71. The molecule has 1 saturated heterocycles.